The number of piperidine rings is 1. The fourth-order valence-corrected chi connectivity index (χ4v) is 2.62. The third-order valence-corrected chi connectivity index (χ3v) is 3.72. The molecule has 1 aliphatic heterocycles. The van der Waals surface area contributed by atoms with Crippen molar-refractivity contribution in [2.24, 2.45) is 11.8 Å². The first-order valence-corrected chi connectivity index (χ1v) is 7.01. The van der Waals surface area contributed by atoms with Gasteiger partial charge in [0.05, 0.1) is 0 Å². The zero-order valence-electron chi connectivity index (χ0n) is 11.6. The number of rotatable bonds is 6. The van der Waals surface area contributed by atoms with Crippen LogP contribution >= 0.6 is 0 Å². The molecule has 2 atom stereocenters. The van der Waals surface area contributed by atoms with Crippen molar-refractivity contribution in [3.8, 4) is 0 Å². The van der Waals surface area contributed by atoms with Gasteiger partial charge < -0.3 is 10.2 Å². The molecule has 16 heavy (non-hydrogen) atoms. The number of hydrogen-bond acceptors (Lipinski definition) is 2. The van der Waals surface area contributed by atoms with Crippen molar-refractivity contribution in [3.63, 3.8) is 0 Å². The second kappa shape index (κ2) is 7.29. The number of nitrogens with one attached hydrogen (secondary N) is 1. The van der Waals surface area contributed by atoms with E-state index >= 15 is 0 Å². The highest BCUT2D eigenvalue weighted by atomic mass is 15.1. The van der Waals surface area contributed by atoms with Gasteiger partial charge in [0.15, 0.2) is 0 Å². The number of hydrogen-bond donors (Lipinski definition) is 1. The van der Waals surface area contributed by atoms with Crippen molar-refractivity contribution in [2.45, 2.75) is 52.5 Å². The Labute approximate surface area is 102 Å². The molecule has 0 aromatic heterocycles. The van der Waals surface area contributed by atoms with E-state index in [4.69, 9.17) is 0 Å². The monoisotopic (exact) mass is 226 g/mol. The maximum atomic E-state index is 3.74. The summed E-state index contributed by atoms with van der Waals surface area (Å²) in [7, 11) is 2.23. The van der Waals surface area contributed by atoms with Gasteiger partial charge in [-0.25, -0.2) is 0 Å². The van der Waals surface area contributed by atoms with Crippen molar-refractivity contribution in [1.82, 2.24) is 10.2 Å². The van der Waals surface area contributed by atoms with Crippen LogP contribution in [0.2, 0.25) is 0 Å². The Kier molecular flexibility index (Phi) is 6.37. The predicted octanol–water partition coefficient (Wildman–Crippen LogP) is 2.74. The first kappa shape index (κ1) is 14.0. The summed E-state index contributed by atoms with van der Waals surface area (Å²) in [5, 5.41) is 3.74. The summed E-state index contributed by atoms with van der Waals surface area (Å²) in [5.41, 5.74) is 0. The molecule has 1 aliphatic rings. The molecule has 0 bridgehead atoms. The van der Waals surface area contributed by atoms with E-state index in [0.29, 0.717) is 0 Å². The molecule has 0 saturated carbocycles. The fraction of sp³-hybridized carbons (Fsp3) is 1.00. The van der Waals surface area contributed by atoms with Crippen LogP contribution in [-0.4, -0.2) is 37.6 Å². The molecule has 1 saturated heterocycles. The molecule has 2 heteroatoms. The molecule has 1 N–H and O–H groups in total. The number of likely N-dealkylation sites (tertiary alicyclic amines) is 1. The van der Waals surface area contributed by atoms with E-state index in [9.17, 15) is 0 Å². The minimum atomic E-state index is 0.759. The van der Waals surface area contributed by atoms with E-state index in [-0.39, 0.29) is 0 Å². The summed E-state index contributed by atoms with van der Waals surface area (Å²) in [5.74, 6) is 1.67. The molecular weight excluding hydrogens is 196 g/mol. The second-order valence-electron chi connectivity index (χ2n) is 5.98. The third-order valence-electron chi connectivity index (χ3n) is 3.72. The van der Waals surface area contributed by atoms with Gasteiger partial charge in [0, 0.05) is 12.6 Å². The lowest BCUT2D eigenvalue weighted by Gasteiger charge is -2.35. The van der Waals surface area contributed by atoms with E-state index in [2.05, 4.69) is 38.0 Å². The van der Waals surface area contributed by atoms with Crippen LogP contribution in [0, 0.1) is 11.8 Å². The van der Waals surface area contributed by atoms with Crippen molar-refractivity contribution in [3.05, 3.63) is 0 Å². The zero-order valence-corrected chi connectivity index (χ0v) is 11.6. The molecule has 0 aromatic rings. The van der Waals surface area contributed by atoms with E-state index in [1.807, 2.05) is 0 Å². The Morgan fingerprint density at radius 1 is 1.31 bits per heavy atom. The lowest BCUT2D eigenvalue weighted by molar-refractivity contribution is 0.175. The van der Waals surface area contributed by atoms with E-state index in [1.54, 1.807) is 0 Å². The normalized spacial score (nSPS) is 27.6. The molecule has 0 aliphatic carbocycles. The summed E-state index contributed by atoms with van der Waals surface area (Å²) in [6.45, 7) is 10.7. The van der Waals surface area contributed by atoms with Crippen LogP contribution in [0.4, 0.5) is 0 Å². The Balaban J connectivity index is 2.04. The lowest BCUT2D eigenvalue weighted by atomic mass is 9.94. The van der Waals surface area contributed by atoms with Gasteiger partial charge >= 0.3 is 0 Å². The zero-order chi connectivity index (χ0) is 12.0. The van der Waals surface area contributed by atoms with Crippen LogP contribution in [0.1, 0.15) is 46.5 Å². The van der Waals surface area contributed by atoms with Gasteiger partial charge in [-0.3, -0.25) is 0 Å². The summed E-state index contributed by atoms with van der Waals surface area (Å²) >= 11 is 0. The van der Waals surface area contributed by atoms with Crippen LogP contribution in [0.15, 0.2) is 0 Å². The largest absolute Gasteiger partial charge is 0.314 e. The maximum absolute atomic E-state index is 3.74. The molecule has 0 spiro atoms. The van der Waals surface area contributed by atoms with Gasteiger partial charge in [-0.1, -0.05) is 33.6 Å². The van der Waals surface area contributed by atoms with E-state index in [0.717, 1.165) is 17.9 Å². The summed E-state index contributed by atoms with van der Waals surface area (Å²) in [6, 6.07) is 0.759. The second-order valence-corrected chi connectivity index (χ2v) is 5.98. The van der Waals surface area contributed by atoms with E-state index < -0.39 is 0 Å². The van der Waals surface area contributed by atoms with Crippen LogP contribution < -0.4 is 5.32 Å². The van der Waals surface area contributed by atoms with Gasteiger partial charge in [0.25, 0.3) is 0 Å². The average Bonchev–Trinajstić information content (AvgIpc) is 2.20. The van der Waals surface area contributed by atoms with Gasteiger partial charge in [-0.2, -0.15) is 0 Å². The van der Waals surface area contributed by atoms with Crippen molar-refractivity contribution < 1.29 is 0 Å². The molecule has 1 heterocycles. The van der Waals surface area contributed by atoms with Crippen LogP contribution in [0.3, 0.4) is 0 Å². The molecule has 0 radical (unpaired) electrons. The van der Waals surface area contributed by atoms with Gasteiger partial charge in [-0.05, 0) is 44.8 Å². The Bertz CT molecular complexity index is 180. The minimum absolute atomic E-state index is 0.759. The summed E-state index contributed by atoms with van der Waals surface area (Å²) in [6.07, 6.45) is 5.43. The standard InChI is InChI=1S/C14H30N2/c1-12(2)7-5-6-9-15-14-8-10-16(4)11-13(14)3/h12-15H,5-11H2,1-4H3. The van der Waals surface area contributed by atoms with Crippen LogP contribution in [-0.2, 0) is 0 Å². The third kappa shape index (κ3) is 5.31. The average molecular weight is 226 g/mol. The first-order valence-electron chi connectivity index (χ1n) is 7.01. The molecule has 0 amide bonds. The van der Waals surface area contributed by atoms with Crippen molar-refractivity contribution >= 4 is 0 Å². The molecule has 2 unspecified atom stereocenters. The fourth-order valence-electron chi connectivity index (χ4n) is 2.62. The van der Waals surface area contributed by atoms with Gasteiger partial charge in [-0.15, -0.1) is 0 Å². The molecule has 1 fully saturated rings. The quantitative estimate of drug-likeness (QED) is 0.701. The lowest BCUT2D eigenvalue weighted by Crippen LogP contribution is -2.47. The highest BCUT2D eigenvalue weighted by Crippen LogP contribution is 2.15. The highest BCUT2D eigenvalue weighted by molar-refractivity contribution is 4.81. The summed E-state index contributed by atoms with van der Waals surface area (Å²) in [4.78, 5) is 2.45. The maximum Gasteiger partial charge on any atom is 0.0117 e. The van der Waals surface area contributed by atoms with Crippen molar-refractivity contribution in [1.29, 1.82) is 0 Å². The topological polar surface area (TPSA) is 15.3 Å². The van der Waals surface area contributed by atoms with Crippen molar-refractivity contribution in [2.75, 3.05) is 26.7 Å². The molecule has 2 nitrogen and oxygen atoms in total. The molecule has 96 valence electrons. The van der Waals surface area contributed by atoms with Crippen LogP contribution in [0.25, 0.3) is 0 Å². The smallest absolute Gasteiger partial charge is 0.0117 e. The van der Waals surface area contributed by atoms with Gasteiger partial charge in [0.1, 0.15) is 0 Å². The highest BCUT2D eigenvalue weighted by Gasteiger charge is 2.22. The van der Waals surface area contributed by atoms with Crippen LogP contribution in [0.5, 0.6) is 0 Å². The number of unbranched alkanes of at least 4 members (excludes halogenated alkanes) is 1. The Morgan fingerprint density at radius 2 is 2.06 bits per heavy atom. The first-order chi connectivity index (χ1) is 7.59. The van der Waals surface area contributed by atoms with E-state index in [1.165, 1.54) is 45.3 Å². The molecular formula is C14H30N2. The Hall–Kier alpha value is -0.0800. The predicted molar refractivity (Wildman–Crippen MR) is 71.8 cm³/mol. The number of nitrogens with zero attached hydrogens (tertiary/aromatic N) is 1. The molecule has 1 rings (SSSR count). The summed E-state index contributed by atoms with van der Waals surface area (Å²) < 4.78 is 0. The Morgan fingerprint density at radius 3 is 2.69 bits per heavy atom. The molecule has 0 aromatic carbocycles. The minimum Gasteiger partial charge on any atom is -0.314 e. The van der Waals surface area contributed by atoms with Gasteiger partial charge in [0.2, 0.25) is 0 Å². The SMILES string of the molecule is CC(C)CCCCNC1CCN(C)CC1C.